The number of thiol groups is 1. The van der Waals surface area contributed by atoms with Crippen molar-refractivity contribution in [2.75, 3.05) is 5.32 Å². The molecular weight excluding hydrogens is 198 g/mol. The van der Waals surface area contributed by atoms with Gasteiger partial charge in [-0.15, -0.1) is 12.6 Å². The Morgan fingerprint density at radius 3 is 2.43 bits per heavy atom. The van der Waals surface area contributed by atoms with Gasteiger partial charge in [-0.05, 0) is 25.1 Å². The number of nitrogens with one attached hydrogen (secondary N) is 1. The van der Waals surface area contributed by atoms with Crippen LogP contribution < -0.4 is 5.32 Å². The van der Waals surface area contributed by atoms with Crippen molar-refractivity contribution in [1.29, 1.82) is 0 Å². The van der Waals surface area contributed by atoms with Crippen molar-refractivity contribution in [3.05, 3.63) is 23.8 Å². The van der Waals surface area contributed by atoms with Crippen LogP contribution >= 0.6 is 12.6 Å². The maximum absolute atomic E-state index is 11.2. The van der Waals surface area contributed by atoms with Crippen molar-refractivity contribution in [2.24, 2.45) is 0 Å². The fraction of sp³-hybridized carbons (Fsp3) is 0.200. The van der Waals surface area contributed by atoms with Crippen LogP contribution in [0.3, 0.4) is 0 Å². The molecule has 1 rings (SSSR count). The number of amides is 1. The Hall–Kier alpha value is -1.29. The molecule has 0 fully saturated rings. The SMILES string of the molecule is CC(=O)Nc1ccc(S)cc1C(C)=O. The van der Waals surface area contributed by atoms with Gasteiger partial charge in [0.25, 0.3) is 0 Å². The number of carbonyl (C=O) groups is 2. The molecule has 0 saturated heterocycles. The molecule has 0 aliphatic carbocycles. The largest absolute Gasteiger partial charge is 0.326 e. The van der Waals surface area contributed by atoms with Crippen LogP contribution in [-0.4, -0.2) is 11.7 Å². The highest BCUT2D eigenvalue weighted by Gasteiger charge is 2.08. The minimum atomic E-state index is -0.195. The fourth-order valence-electron chi connectivity index (χ4n) is 1.12. The van der Waals surface area contributed by atoms with Gasteiger partial charge in [0.1, 0.15) is 0 Å². The third-order valence-electron chi connectivity index (χ3n) is 1.69. The van der Waals surface area contributed by atoms with Crippen LogP contribution in [0.2, 0.25) is 0 Å². The van der Waals surface area contributed by atoms with Gasteiger partial charge in [-0.25, -0.2) is 0 Å². The molecule has 1 aromatic carbocycles. The second kappa shape index (κ2) is 4.28. The molecule has 0 aliphatic heterocycles. The fourth-order valence-corrected chi connectivity index (χ4v) is 1.33. The minimum absolute atomic E-state index is 0.0929. The molecule has 1 aromatic rings. The Bertz CT molecular complexity index is 388. The van der Waals surface area contributed by atoms with Gasteiger partial charge in [-0.3, -0.25) is 9.59 Å². The summed E-state index contributed by atoms with van der Waals surface area (Å²) in [6.07, 6.45) is 0. The molecule has 4 heteroatoms. The van der Waals surface area contributed by atoms with Crippen molar-refractivity contribution in [3.8, 4) is 0 Å². The van der Waals surface area contributed by atoms with Gasteiger partial charge in [-0.1, -0.05) is 0 Å². The maximum Gasteiger partial charge on any atom is 0.221 e. The predicted octanol–water partition coefficient (Wildman–Crippen LogP) is 2.14. The zero-order valence-electron chi connectivity index (χ0n) is 8.00. The van der Waals surface area contributed by atoms with E-state index in [0.29, 0.717) is 16.1 Å². The lowest BCUT2D eigenvalue weighted by Gasteiger charge is -2.07. The number of benzene rings is 1. The van der Waals surface area contributed by atoms with Gasteiger partial charge in [0.05, 0.1) is 5.69 Å². The third kappa shape index (κ3) is 2.60. The Labute approximate surface area is 87.9 Å². The molecule has 0 bridgehead atoms. The number of Topliss-reactive ketones (excluding diaryl/α,β-unsaturated/α-hetero) is 1. The first kappa shape index (κ1) is 10.8. The standard InChI is InChI=1S/C10H11NO2S/c1-6(12)9-5-8(14)3-4-10(9)11-7(2)13/h3-5,14H,1-2H3,(H,11,13). The average Bonchev–Trinajstić information content (AvgIpc) is 2.07. The van der Waals surface area contributed by atoms with Crippen LogP contribution in [0.25, 0.3) is 0 Å². The maximum atomic E-state index is 11.2. The molecule has 3 nitrogen and oxygen atoms in total. The molecule has 0 radical (unpaired) electrons. The molecular formula is C10H11NO2S. The number of rotatable bonds is 2. The molecule has 14 heavy (non-hydrogen) atoms. The Morgan fingerprint density at radius 2 is 1.93 bits per heavy atom. The van der Waals surface area contributed by atoms with Crippen LogP contribution in [0.1, 0.15) is 24.2 Å². The Morgan fingerprint density at radius 1 is 1.29 bits per heavy atom. The summed E-state index contributed by atoms with van der Waals surface area (Å²) in [5, 5.41) is 2.59. The van der Waals surface area contributed by atoms with E-state index in [2.05, 4.69) is 17.9 Å². The van der Waals surface area contributed by atoms with Gasteiger partial charge in [-0.2, -0.15) is 0 Å². The van der Waals surface area contributed by atoms with Crippen LogP contribution in [0.5, 0.6) is 0 Å². The number of hydrogen-bond donors (Lipinski definition) is 2. The summed E-state index contributed by atoms with van der Waals surface area (Å²) in [5.41, 5.74) is 1.01. The van der Waals surface area contributed by atoms with E-state index < -0.39 is 0 Å². The van der Waals surface area contributed by atoms with Gasteiger partial charge in [0.15, 0.2) is 5.78 Å². The zero-order valence-corrected chi connectivity index (χ0v) is 8.89. The lowest BCUT2D eigenvalue weighted by atomic mass is 10.1. The summed E-state index contributed by atoms with van der Waals surface area (Å²) in [7, 11) is 0. The third-order valence-corrected chi connectivity index (χ3v) is 1.97. The first-order valence-electron chi connectivity index (χ1n) is 4.12. The molecule has 0 aliphatic rings. The molecule has 0 heterocycles. The summed E-state index contributed by atoms with van der Waals surface area (Å²) in [6.45, 7) is 2.85. The first-order valence-corrected chi connectivity index (χ1v) is 4.57. The number of carbonyl (C=O) groups excluding carboxylic acids is 2. The van der Waals surface area contributed by atoms with Gasteiger partial charge < -0.3 is 5.32 Å². The average molecular weight is 209 g/mol. The Kier molecular flexibility index (Phi) is 3.30. The monoisotopic (exact) mass is 209 g/mol. The van der Waals surface area contributed by atoms with E-state index in [4.69, 9.17) is 0 Å². The van der Waals surface area contributed by atoms with Crippen molar-refractivity contribution in [3.63, 3.8) is 0 Å². The van der Waals surface area contributed by atoms with E-state index >= 15 is 0 Å². The molecule has 0 atom stereocenters. The molecule has 0 saturated carbocycles. The van der Waals surface area contributed by atoms with Crippen LogP contribution in [0.15, 0.2) is 23.1 Å². The van der Waals surface area contributed by atoms with Gasteiger partial charge in [0, 0.05) is 17.4 Å². The number of hydrogen-bond acceptors (Lipinski definition) is 3. The molecule has 74 valence electrons. The van der Waals surface area contributed by atoms with E-state index in [0.717, 1.165) is 0 Å². The van der Waals surface area contributed by atoms with E-state index in [-0.39, 0.29) is 11.7 Å². The van der Waals surface area contributed by atoms with Crippen molar-refractivity contribution in [1.82, 2.24) is 0 Å². The topological polar surface area (TPSA) is 46.2 Å². The van der Waals surface area contributed by atoms with E-state index in [1.807, 2.05) is 0 Å². The quantitative estimate of drug-likeness (QED) is 0.579. The lowest BCUT2D eigenvalue weighted by molar-refractivity contribution is -0.114. The Balaban J connectivity index is 3.14. The van der Waals surface area contributed by atoms with Crippen LogP contribution in [0, 0.1) is 0 Å². The summed E-state index contributed by atoms with van der Waals surface area (Å²) < 4.78 is 0. The zero-order chi connectivity index (χ0) is 10.7. The van der Waals surface area contributed by atoms with Crippen molar-refractivity contribution < 1.29 is 9.59 Å². The van der Waals surface area contributed by atoms with E-state index in [1.54, 1.807) is 18.2 Å². The van der Waals surface area contributed by atoms with Gasteiger partial charge >= 0.3 is 0 Å². The van der Waals surface area contributed by atoms with Crippen LogP contribution in [-0.2, 0) is 4.79 Å². The highest BCUT2D eigenvalue weighted by atomic mass is 32.1. The van der Waals surface area contributed by atoms with E-state index in [1.165, 1.54) is 13.8 Å². The highest BCUT2D eigenvalue weighted by molar-refractivity contribution is 7.80. The molecule has 1 amide bonds. The smallest absolute Gasteiger partial charge is 0.221 e. The van der Waals surface area contributed by atoms with Crippen molar-refractivity contribution >= 4 is 30.0 Å². The summed E-state index contributed by atoms with van der Waals surface area (Å²) in [4.78, 5) is 22.7. The number of ketones is 1. The molecule has 0 spiro atoms. The summed E-state index contributed by atoms with van der Waals surface area (Å²) in [5.74, 6) is -0.288. The number of anilines is 1. The minimum Gasteiger partial charge on any atom is -0.326 e. The molecule has 0 unspecified atom stereocenters. The van der Waals surface area contributed by atoms with Crippen LogP contribution in [0.4, 0.5) is 5.69 Å². The van der Waals surface area contributed by atoms with E-state index in [9.17, 15) is 9.59 Å². The first-order chi connectivity index (χ1) is 6.50. The molecule has 1 N–H and O–H groups in total. The van der Waals surface area contributed by atoms with Crippen molar-refractivity contribution in [2.45, 2.75) is 18.7 Å². The molecule has 0 aromatic heterocycles. The summed E-state index contributed by atoms with van der Waals surface area (Å²) in [6, 6.07) is 5.03. The second-order valence-electron chi connectivity index (χ2n) is 2.97. The predicted molar refractivity (Wildman–Crippen MR) is 58.0 cm³/mol. The lowest BCUT2D eigenvalue weighted by Crippen LogP contribution is -2.09. The normalized spacial score (nSPS) is 9.64. The van der Waals surface area contributed by atoms with Gasteiger partial charge in [0.2, 0.25) is 5.91 Å². The highest BCUT2D eigenvalue weighted by Crippen LogP contribution is 2.20. The summed E-state index contributed by atoms with van der Waals surface area (Å²) >= 11 is 4.12. The second-order valence-corrected chi connectivity index (χ2v) is 3.48.